The van der Waals surface area contributed by atoms with Gasteiger partial charge in [-0.15, -0.1) is 0 Å². The van der Waals surface area contributed by atoms with Crippen molar-refractivity contribution in [1.29, 1.82) is 0 Å². The maximum atomic E-state index is 5.40. The lowest BCUT2D eigenvalue weighted by molar-refractivity contribution is 0.960. The van der Waals surface area contributed by atoms with Crippen molar-refractivity contribution < 1.29 is 0 Å². The molecule has 0 aliphatic rings. The van der Waals surface area contributed by atoms with E-state index in [-0.39, 0.29) is 0 Å². The van der Waals surface area contributed by atoms with E-state index in [4.69, 9.17) is 12.2 Å². The first kappa shape index (κ1) is 12.8. The van der Waals surface area contributed by atoms with Crippen LogP contribution in [0, 0.1) is 11.7 Å². The van der Waals surface area contributed by atoms with Crippen LogP contribution in [0.15, 0.2) is 66.9 Å². The molecule has 2 nitrogen and oxygen atoms in total. The zero-order chi connectivity index (χ0) is 13.9. The van der Waals surface area contributed by atoms with Crippen molar-refractivity contribution in [3.05, 3.63) is 77.2 Å². The number of benzene rings is 2. The summed E-state index contributed by atoms with van der Waals surface area (Å²) in [6.45, 7) is 2.07. The van der Waals surface area contributed by atoms with Crippen molar-refractivity contribution >= 4 is 12.2 Å². The Labute approximate surface area is 123 Å². The van der Waals surface area contributed by atoms with Gasteiger partial charge >= 0.3 is 0 Å². The Kier molecular flexibility index (Phi) is 3.44. The van der Waals surface area contributed by atoms with Crippen LogP contribution >= 0.6 is 12.2 Å². The number of rotatable bonds is 2. The molecule has 0 spiro atoms. The topological polar surface area (TPSA) is 17.8 Å². The maximum absolute atomic E-state index is 5.40. The van der Waals surface area contributed by atoms with Crippen LogP contribution in [0.3, 0.4) is 0 Å². The molecule has 20 heavy (non-hydrogen) atoms. The SMILES string of the molecule is Cc1ccc(-c2ccn(-c3ccccc3)c(=S)n2)cc1. The van der Waals surface area contributed by atoms with Gasteiger partial charge in [0.15, 0.2) is 0 Å². The van der Waals surface area contributed by atoms with Gasteiger partial charge in [0.2, 0.25) is 4.77 Å². The number of aromatic nitrogens is 2. The van der Waals surface area contributed by atoms with E-state index in [1.54, 1.807) is 0 Å². The minimum Gasteiger partial charge on any atom is -0.293 e. The summed E-state index contributed by atoms with van der Waals surface area (Å²) in [5.74, 6) is 0. The van der Waals surface area contributed by atoms with Crippen LogP contribution in [0.2, 0.25) is 0 Å². The molecule has 1 heterocycles. The highest BCUT2D eigenvalue weighted by Gasteiger charge is 2.02. The first-order chi connectivity index (χ1) is 9.74. The average Bonchev–Trinajstić information content (AvgIpc) is 2.49. The zero-order valence-electron chi connectivity index (χ0n) is 11.2. The molecule has 0 bridgehead atoms. The molecule has 3 rings (SSSR count). The third-order valence-electron chi connectivity index (χ3n) is 3.19. The van der Waals surface area contributed by atoms with E-state index < -0.39 is 0 Å². The third-order valence-corrected chi connectivity index (χ3v) is 3.47. The van der Waals surface area contributed by atoms with E-state index in [0.29, 0.717) is 4.77 Å². The zero-order valence-corrected chi connectivity index (χ0v) is 12.0. The minimum atomic E-state index is 0.564. The highest BCUT2D eigenvalue weighted by Crippen LogP contribution is 2.18. The summed E-state index contributed by atoms with van der Waals surface area (Å²) in [6.07, 6.45) is 1.97. The Balaban J connectivity index is 2.04. The molecule has 1 aromatic heterocycles. The molecule has 3 aromatic rings. The van der Waals surface area contributed by atoms with E-state index in [1.807, 2.05) is 47.2 Å². The number of hydrogen-bond donors (Lipinski definition) is 0. The smallest absolute Gasteiger partial charge is 0.204 e. The second kappa shape index (κ2) is 5.39. The molecule has 0 N–H and O–H groups in total. The monoisotopic (exact) mass is 278 g/mol. The van der Waals surface area contributed by atoms with Crippen molar-refractivity contribution in [2.45, 2.75) is 6.92 Å². The van der Waals surface area contributed by atoms with Crippen molar-refractivity contribution in [2.75, 3.05) is 0 Å². The van der Waals surface area contributed by atoms with E-state index in [0.717, 1.165) is 16.9 Å². The molecule has 0 fully saturated rings. The van der Waals surface area contributed by atoms with Crippen molar-refractivity contribution in [1.82, 2.24) is 9.55 Å². The molecular weight excluding hydrogens is 264 g/mol. The van der Waals surface area contributed by atoms with Gasteiger partial charge < -0.3 is 0 Å². The molecule has 0 aliphatic heterocycles. The molecule has 0 saturated carbocycles. The number of para-hydroxylation sites is 1. The standard InChI is InChI=1S/C17H14N2S/c1-13-7-9-14(10-8-13)16-11-12-19(17(20)18-16)15-5-3-2-4-6-15/h2-12H,1H3. The Morgan fingerprint density at radius 2 is 1.60 bits per heavy atom. The van der Waals surface area contributed by atoms with Gasteiger partial charge in [-0.1, -0.05) is 48.0 Å². The van der Waals surface area contributed by atoms with Crippen molar-refractivity contribution in [3.8, 4) is 16.9 Å². The Bertz CT molecular complexity index is 774. The van der Waals surface area contributed by atoms with E-state index >= 15 is 0 Å². The molecule has 2 aromatic carbocycles. The Morgan fingerprint density at radius 1 is 0.900 bits per heavy atom. The molecule has 0 amide bonds. The fourth-order valence-corrected chi connectivity index (χ4v) is 2.34. The minimum absolute atomic E-state index is 0.564. The Morgan fingerprint density at radius 3 is 2.25 bits per heavy atom. The van der Waals surface area contributed by atoms with Crippen molar-refractivity contribution in [3.63, 3.8) is 0 Å². The maximum Gasteiger partial charge on any atom is 0.204 e. The highest BCUT2D eigenvalue weighted by atomic mass is 32.1. The van der Waals surface area contributed by atoms with Gasteiger partial charge in [0.05, 0.1) is 5.69 Å². The lowest BCUT2D eigenvalue weighted by Crippen LogP contribution is -1.99. The summed E-state index contributed by atoms with van der Waals surface area (Å²) in [7, 11) is 0. The summed E-state index contributed by atoms with van der Waals surface area (Å²) in [6, 6.07) is 20.3. The lowest BCUT2D eigenvalue weighted by Gasteiger charge is -2.08. The van der Waals surface area contributed by atoms with Gasteiger partial charge in [0.1, 0.15) is 0 Å². The van der Waals surface area contributed by atoms with Crippen LogP contribution in [0.5, 0.6) is 0 Å². The Hall–Kier alpha value is -2.26. The second-order valence-corrected chi connectivity index (χ2v) is 5.03. The summed E-state index contributed by atoms with van der Waals surface area (Å²) in [5.41, 5.74) is 4.26. The van der Waals surface area contributed by atoms with E-state index in [9.17, 15) is 0 Å². The van der Waals surface area contributed by atoms with E-state index in [2.05, 4.69) is 36.2 Å². The van der Waals surface area contributed by atoms with Crippen molar-refractivity contribution in [2.24, 2.45) is 0 Å². The van der Waals surface area contributed by atoms with Gasteiger partial charge in [0.25, 0.3) is 0 Å². The molecule has 0 aliphatic carbocycles. The molecule has 98 valence electrons. The van der Waals surface area contributed by atoms with E-state index in [1.165, 1.54) is 5.56 Å². The predicted molar refractivity (Wildman–Crippen MR) is 84.6 cm³/mol. The highest BCUT2D eigenvalue weighted by molar-refractivity contribution is 7.71. The first-order valence-electron chi connectivity index (χ1n) is 6.46. The van der Waals surface area contributed by atoms with Crippen LogP contribution in [0.4, 0.5) is 0 Å². The number of hydrogen-bond acceptors (Lipinski definition) is 2. The van der Waals surface area contributed by atoms with Crippen LogP contribution in [-0.2, 0) is 0 Å². The third kappa shape index (κ3) is 2.53. The number of aryl methyl sites for hydroxylation is 1. The molecule has 0 saturated heterocycles. The van der Waals surface area contributed by atoms with Crippen LogP contribution < -0.4 is 0 Å². The summed E-state index contributed by atoms with van der Waals surface area (Å²) >= 11 is 5.40. The van der Waals surface area contributed by atoms with Gasteiger partial charge in [-0.2, -0.15) is 0 Å². The van der Waals surface area contributed by atoms with Gasteiger partial charge in [-0.3, -0.25) is 4.57 Å². The molecule has 0 atom stereocenters. The largest absolute Gasteiger partial charge is 0.293 e. The predicted octanol–water partition coefficient (Wildman–Crippen LogP) is 4.58. The van der Waals surface area contributed by atoms with Gasteiger partial charge in [-0.25, -0.2) is 4.98 Å². The molecule has 0 radical (unpaired) electrons. The van der Waals surface area contributed by atoms with Gasteiger partial charge in [-0.05, 0) is 37.3 Å². The first-order valence-corrected chi connectivity index (χ1v) is 6.87. The summed E-state index contributed by atoms with van der Waals surface area (Å²) in [5, 5.41) is 0. The second-order valence-electron chi connectivity index (χ2n) is 4.67. The van der Waals surface area contributed by atoms with Crippen LogP contribution in [0.1, 0.15) is 5.56 Å². The fourth-order valence-electron chi connectivity index (χ4n) is 2.07. The van der Waals surface area contributed by atoms with Gasteiger partial charge in [0, 0.05) is 17.4 Å². The fraction of sp³-hybridized carbons (Fsp3) is 0.0588. The molecule has 0 unspecified atom stereocenters. The molecule has 3 heteroatoms. The van der Waals surface area contributed by atoms with Crippen LogP contribution in [0.25, 0.3) is 16.9 Å². The summed E-state index contributed by atoms with van der Waals surface area (Å²) < 4.78 is 2.47. The normalized spacial score (nSPS) is 10.4. The quantitative estimate of drug-likeness (QED) is 0.639. The molecular formula is C17H14N2S. The summed E-state index contributed by atoms with van der Waals surface area (Å²) in [4.78, 5) is 4.53. The van der Waals surface area contributed by atoms with Crippen LogP contribution in [-0.4, -0.2) is 9.55 Å². The lowest BCUT2D eigenvalue weighted by atomic mass is 10.1. The number of nitrogens with zero attached hydrogens (tertiary/aromatic N) is 2. The average molecular weight is 278 g/mol.